The van der Waals surface area contributed by atoms with Crippen LogP contribution in [0.3, 0.4) is 0 Å². The van der Waals surface area contributed by atoms with Gasteiger partial charge in [-0.2, -0.15) is 0 Å². The molecule has 2 rings (SSSR count). The van der Waals surface area contributed by atoms with Crippen molar-refractivity contribution in [3.63, 3.8) is 0 Å². The van der Waals surface area contributed by atoms with Gasteiger partial charge >= 0.3 is 6.09 Å². The van der Waals surface area contributed by atoms with E-state index in [-0.39, 0.29) is 17.2 Å². The van der Waals surface area contributed by atoms with Crippen molar-refractivity contribution in [2.24, 2.45) is 0 Å². The molecule has 0 aliphatic rings. The second kappa shape index (κ2) is 6.93. The topological polar surface area (TPSA) is 72.5 Å². The van der Waals surface area contributed by atoms with Crippen molar-refractivity contribution >= 4 is 37.5 Å². The zero-order valence-corrected chi connectivity index (χ0v) is 14.1. The van der Waals surface area contributed by atoms with E-state index >= 15 is 0 Å². The zero-order chi connectivity index (χ0) is 16.2. The second-order valence-electron chi connectivity index (χ2n) is 4.60. The Morgan fingerprint density at radius 2 is 1.86 bits per heavy atom. The highest BCUT2D eigenvalue weighted by Crippen LogP contribution is 2.25. The maximum absolute atomic E-state index is 11.8. The lowest BCUT2D eigenvalue weighted by Crippen LogP contribution is -2.15. The van der Waals surface area contributed by atoms with Crippen molar-refractivity contribution in [2.75, 3.05) is 11.6 Å². The van der Waals surface area contributed by atoms with Crippen LogP contribution in [0.25, 0.3) is 0 Å². The third kappa shape index (κ3) is 4.57. The van der Waals surface area contributed by atoms with Gasteiger partial charge in [-0.1, -0.05) is 46.3 Å². The fourth-order valence-electron chi connectivity index (χ4n) is 1.79. The van der Waals surface area contributed by atoms with Crippen LogP contribution < -0.4 is 5.32 Å². The van der Waals surface area contributed by atoms with Gasteiger partial charge in [0.2, 0.25) is 0 Å². The molecule has 1 amide bonds. The number of halogens is 1. The molecular weight excluding hydrogens is 370 g/mol. The molecule has 0 fully saturated rings. The fourth-order valence-corrected chi connectivity index (χ4v) is 2.98. The molecule has 0 unspecified atom stereocenters. The van der Waals surface area contributed by atoms with Crippen molar-refractivity contribution < 1.29 is 17.9 Å². The number of amides is 1. The number of nitrogens with one attached hydrogen (secondary N) is 1. The Balaban J connectivity index is 2.10. The summed E-state index contributed by atoms with van der Waals surface area (Å²) in [5.74, 6) is 0. The van der Waals surface area contributed by atoms with E-state index in [1.807, 2.05) is 30.3 Å². The van der Waals surface area contributed by atoms with E-state index in [9.17, 15) is 13.2 Å². The molecule has 0 spiro atoms. The number of carbonyl (C=O) groups excluding carboxylic acids is 1. The molecule has 116 valence electrons. The molecule has 0 saturated carbocycles. The second-order valence-corrected chi connectivity index (χ2v) is 7.50. The van der Waals surface area contributed by atoms with Gasteiger partial charge in [0, 0.05) is 10.7 Å². The molecular formula is C15H14BrNO4S. The smallest absolute Gasteiger partial charge is 0.411 e. The summed E-state index contributed by atoms with van der Waals surface area (Å²) in [6.07, 6.45) is 0.364. The molecule has 0 bridgehead atoms. The fraction of sp³-hybridized carbons (Fsp3) is 0.133. The van der Waals surface area contributed by atoms with Crippen molar-refractivity contribution in [1.29, 1.82) is 0 Å². The molecule has 7 heteroatoms. The van der Waals surface area contributed by atoms with Crippen LogP contribution in [0.4, 0.5) is 10.5 Å². The highest BCUT2D eigenvalue weighted by molar-refractivity contribution is 9.10. The summed E-state index contributed by atoms with van der Waals surface area (Å²) in [5.41, 5.74) is 1.02. The van der Waals surface area contributed by atoms with E-state index < -0.39 is 15.9 Å². The van der Waals surface area contributed by atoms with E-state index in [2.05, 4.69) is 21.2 Å². The monoisotopic (exact) mass is 383 g/mol. The quantitative estimate of drug-likeness (QED) is 0.874. The first-order chi connectivity index (χ1) is 10.4. The Kier molecular flexibility index (Phi) is 5.20. The Hall–Kier alpha value is -1.86. The van der Waals surface area contributed by atoms with Gasteiger partial charge in [-0.3, -0.25) is 5.32 Å². The van der Waals surface area contributed by atoms with Crippen LogP contribution >= 0.6 is 15.9 Å². The number of sulfone groups is 1. The predicted octanol–water partition coefficient (Wildman–Crippen LogP) is 3.60. The molecule has 0 saturated heterocycles. The van der Waals surface area contributed by atoms with Gasteiger partial charge in [0.1, 0.15) is 6.61 Å². The highest BCUT2D eigenvalue weighted by Gasteiger charge is 2.16. The SMILES string of the molecule is CS(=O)(=O)c1ccc(Br)cc1NC(=O)OCc1ccccc1. The summed E-state index contributed by atoms with van der Waals surface area (Å²) in [5, 5.41) is 2.46. The van der Waals surface area contributed by atoms with Crippen LogP contribution in [0.15, 0.2) is 57.9 Å². The number of anilines is 1. The summed E-state index contributed by atoms with van der Waals surface area (Å²) in [4.78, 5) is 11.9. The first-order valence-electron chi connectivity index (χ1n) is 6.33. The number of ether oxygens (including phenoxy) is 1. The predicted molar refractivity (Wildman–Crippen MR) is 87.5 cm³/mol. The van der Waals surface area contributed by atoms with Crippen LogP contribution in [-0.4, -0.2) is 20.8 Å². The summed E-state index contributed by atoms with van der Waals surface area (Å²) in [6.45, 7) is 0.106. The van der Waals surface area contributed by atoms with Crippen LogP contribution in [0, 0.1) is 0 Å². The number of rotatable bonds is 4. The van der Waals surface area contributed by atoms with Crippen molar-refractivity contribution in [1.82, 2.24) is 0 Å². The van der Waals surface area contributed by atoms with Crippen LogP contribution in [-0.2, 0) is 21.2 Å². The first kappa shape index (κ1) is 16.5. The molecule has 22 heavy (non-hydrogen) atoms. The minimum Gasteiger partial charge on any atom is -0.444 e. The van der Waals surface area contributed by atoms with Crippen molar-refractivity contribution in [2.45, 2.75) is 11.5 Å². The van der Waals surface area contributed by atoms with Gasteiger partial charge < -0.3 is 4.74 Å². The molecule has 2 aromatic carbocycles. The van der Waals surface area contributed by atoms with E-state index in [1.165, 1.54) is 12.1 Å². The maximum atomic E-state index is 11.8. The van der Waals surface area contributed by atoms with Gasteiger partial charge in [-0.25, -0.2) is 13.2 Å². The van der Waals surface area contributed by atoms with Gasteiger partial charge in [0.25, 0.3) is 0 Å². The highest BCUT2D eigenvalue weighted by atomic mass is 79.9. The number of hydrogen-bond donors (Lipinski definition) is 1. The average molecular weight is 384 g/mol. The summed E-state index contributed by atoms with van der Waals surface area (Å²) in [7, 11) is -3.45. The Bertz CT molecular complexity index is 775. The van der Waals surface area contributed by atoms with Crippen LogP contribution in [0.5, 0.6) is 0 Å². The third-order valence-electron chi connectivity index (χ3n) is 2.79. The minimum atomic E-state index is -3.45. The summed E-state index contributed by atoms with van der Waals surface area (Å²) in [6, 6.07) is 13.7. The van der Waals surface area contributed by atoms with Crippen LogP contribution in [0.2, 0.25) is 0 Å². The Morgan fingerprint density at radius 3 is 2.50 bits per heavy atom. The van der Waals surface area contributed by atoms with E-state index in [1.54, 1.807) is 6.07 Å². The number of carbonyl (C=O) groups is 1. The first-order valence-corrected chi connectivity index (χ1v) is 9.02. The largest absolute Gasteiger partial charge is 0.444 e. The standard InChI is InChI=1S/C15H14BrNO4S/c1-22(19,20)14-8-7-12(16)9-13(14)17-15(18)21-10-11-5-3-2-4-6-11/h2-9H,10H2,1H3,(H,17,18). The van der Waals surface area contributed by atoms with Gasteiger partial charge in [-0.15, -0.1) is 0 Å². The maximum Gasteiger partial charge on any atom is 0.411 e. The molecule has 0 aliphatic carbocycles. The Morgan fingerprint density at radius 1 is 1.18 bits per heavy atom. The average Bonchev–Trinajstić information content (AvgIpc) is 2.45. The number of benzene rings is 2. The molecule has 0 radical (unpaired) electrons. The van der Waals surface area contributed by atoms with Crippen LogP contribution in [0.1, 0.15) is 5.56 Å². The van der Waals surface area contributed by atoms with Gasteiger partial charge in [0.15, 0.2) is 9.84 Å². The van der Waals surface area contributed by atoms with Crippen molar-refractivity contribution in [3.8, 4) is 0 Å². The summed E-state index contributed by atoms with van der Waals surface area (Å²) < 4.78 is 29.2. The molecule has 1 N–H and O–H groups in total. The molecule has 0 aliphatic heterocycles. The lowest BCUT2D eigenvalue weighted by molar-refractivity contribution is 0.155. The van der Waals surface area contributed by atoms with Gasteiger partial charge in [-0.05, 0) is 23.8 Å². The van der Waals surface area contributed by atoms with E-state index in [0.717, 1.165) is 11.8 Å². The zero-order valence-electron chi connectivity index (χ0n) is 11.7. The minimum absolute atomic E-state index is 0.0346. The molecule has 2 aromatic rings. The molecule has 0 aromatic heterocycles. The third-order valence-corrected chi connectivity index (χ3v) is 4.44. The summed E-state index contributed by atoms with van der Waals surface area (Å²) >= 11 is 3.24. The lowest BCUT2D eigenvalue weighted by atomic mass is 10.2. The van der Waals surface area contributed by atoms with Gasteiger partial charge in [0.05, 0.1) is 10.6 Å². The molecule has 0 heterocycles. The molecule has 0 atom stereocenters. The lowest BCUT2D eigenvalue weighted by Gasteiger charge is -2.11. The van der Waals surface area contributed by atoms with E-state index in [4.69, 9.17) is 4.74 Å². The normalized spacial score (nSPS) is 11.0. The van der Waals surface area contributed by atoms with Crippen molar-refractivity contribution in [3.05, 3.63) is 58.6 Å². The van der Waals surface area contributed by atoms with E-state index in [0.29, 0.717) is 4.47 Å². The number of hydrogen-bond acceptors (Lipinski definition) is 4. The Labute approximate surface area is 137 Å². The molecule has 5 nitrogen and oxygen atoms in total.